The van der Waals surface area contributed by atoms with Gasteiger partial charge in [0.1, 0.15) is 17.6 Å². The number of carbonyl (C=O) groups is 4. The second-order valence-corrected chi connectivity index (χ2v) is 9.07. The molecule has 0 saturated carbocycles. The lowest BCUT2D eigenvalue weighted by atomic mass is 10.0. The Morgan fingerprint density at radius 3 is 2.43 bits per heavy atom. The van der Waals surface area contributed by atoms with Gasteiger partial charge in [-0.15, -0.1) is 0 Å². The predicted molar refractivity (Wildman–Crippen MR) is 131 cm³/mol. The van der Waals surface area contributed by atoms with Crippen molar-refractivity contribution < 1.29 is 28.3 Å². The van der Waals surface area contributed by atoms with Gasteiger partial charge in [-0.2, -0.15) is 0 Å². The molecule has 3 rings (SSSR count). The number of amides is 4. The topological polar surface area (TPSA) is 105 Å². The lowest BCUT2D eigenvalue weighted by molar-refractivity contribution is -0.125. The Labute approximate surface area is 206 Å². The maximum atomic E-state index is 13.9. The number of benzene rings is 2. The minimum atomic E-state index is -0.924. The molecular formula is C25H26FN3O5S. The summed E-state index contributed by atoms with van der Waals surface area (Å²) in [7, 11) is 1.56. The number of nitrogens with zero attached hydrogens (tertiary/aromatic N) is 1. The molecule has 1 heterocycles. The third kappa shape index (κ3) is 6.48. The van der Waals surface area contributed by atoms with Gasteiger partial charge in [0.25, 0.3) is 17.1 Å². The van der Waals surface area contributed by atoms with Gasteiger partial charge in [0.15, 0.2) is 0 Å². The van der Waals surface area contributed by atoms with Crippen LogP contribution in [0.25, 0.3) is 6.08 Å². The van der Waals surface area contributed by atoms with Crippen molar-refractivity contribution in [3.05, 3.63) is 70.4 Å². The van der Waals surface area contributed by atoms with Crippen molar-refractivity contribution in [2.45, 2.75) is 19.9 Å². The highest BCUT2D eigenvalue weighted by Crippen LogP contribution is 2.32. The van der Waals surface area contributed by atoms with Gasteiger partial charge in [0, 0.05) is 13.1 Å². The number of rotatable bonds is 9. The number of methoxy groups -OCH3 is 1. The van der Waals surface area contributed by atoms with Crippen LogP contribution in [0.5, 0.6) is 5.75 Å². The second-order valence-electron chi connectivity index (χ2n) is 8.07. The molecule has 1 fully saturated rings. The Morgan fingerprint density at radius 2 is 1.80 bits per heavy atom. The van der Waals surface area contributed by atoms with Crippen LogP contribution in [0.3, 0.4) is 0 Å². The third-order valence-corrected chi connectivity index (χ3v) is 6.18. The fourth-order valence-electron chi connectivity index (χ4n) is 3.34. The molecule has 10 heteroatoms. The summed E-state index contributed by atoms with van der Waals surface area (Å²) < 4.78 is 19.0. The van der Waals surface area contributed by atoms with Crippen LogP contribution in [0.2, 0.25) is 0 Å². The predicted octanol–water partition coefficient (Wildman–Crippen LogP) is 3.44. The zero-order chi connectivity index (χ0) is 25.5. The summed E-state index contributed by atoms with van der Waals surface area (Å²) in [4.78, 5) is 51.5. The van der Waals surface area contributed by atoms with Crippen molar-refractivity contribution in [2.75, 3.05) is 20.2 Å². The molecule has 1 saturated heterocycles. The molecule has 0 aliphatic carbocycles. The fraction of sp³-hybridized carbons (Fsp3) is 0.280. The number of halogens is 1. The van der Waals surface area contributed by atoms with Crippen LogP contribution < -0.4 is 15.4 Å². The third-order valence-electron chi connectivity index (χ3n) is 5.28. The molecular weight excluding hydrogens is 473 g/mol. The molecule has 0 unspecified atom stereocenters. The van der Waals surface area contributed by atoms with Crippen molar-refractivity contribution >= 4 is 40.8 Å². The Balaban J connectivity index is 1.57. The molecule has 8 nitrogen and oxygen atoms in total. The maximum Gasteiger partial charge on any atom is 0.293 e. The number of nitrogens with one attached hydrogen (secondary N) is 2. The number of carbonyl (C=O) groups excluding carboxylic acids is 4. The van der Waals surface area contributed by atoms with E-state index >= 15 is 0 Å². The molecule has 2 N–H and O–H groups in total. The monoisotopic (exact) mass is 499 g/mol. The van der Waals surface area contributed by atoms with E-state index in [0.29, 0.717) is 5.75 Å². The highest BCUT2D eigenvalue weighted by molar-refractivity contribution is 8.18. The molecule has 1 atom stereocenters. The smallest absolute Gasteiger partial charge is 0.293 e. The average Bonchev–Trinajstić information content (AvgIpc) is 3.10. The van der Waals surface area contributed by atoms with E-state index in [1.807, 2.05) is 0 Å². The van der Waals surface area contributed by atoms with Crippen molar-refractivity contribution in [2.24, 2.45) is 5.92 Å². The van der Waals surface area contributed by atoms with Crippen molar-refractivity contribution in [1.82, 2.24) is 15.5 Å². The van der Waals surface area contributed by atoms with Crippen molar-refractivity contribution in [3.8, 4) is 5.75 Å². The zero-order valence-electron chi connectivity index (χ0n) is 19.5. The Hall–Kier alpha value is -3.66. The number of imide groups is 1. The first-order chi connectivity index (χ1) is 16.7. The number of hydrogen-bond acceptors (Lipinski definition) is 6. The Kier molecular flexibility index (Phi) is 8.64. The fourth-order valence-corrected chi connectivity index (χ4v) is 4.21. The highest BCUT2D eigenvalue weighted by atomic mass is 32.2. The summed E-state index contributed by atoms with van der Waals surface area (Å²) in [5.41, 5.74) is 0.586. The first kappa shape index (κ1) is 26.0. The molecule has 1 aliphatic heterocycles. The minimum Gasteiger partial charge on any atom is -0.497 e. The van der Waals surface area contributed by atoms with Crippen molar-refractivity contribution in [1.29, 1.82) is 0 Å². The van der Waals surface area contributed by atoms with Gasteiger partial charge in [-0.05, 0) is 53.6 Å². The molecule has 0 bridgehead atoms. The Bertz CT molecular complexity index is 1150. The molecule has 184 valence electrons. The van der Waals surface area contributed by atoms with E-state index in [0.717, 1.165) is 22.2 Å². The van der Waals surface area contributed by atoms with Gasteiger partial charge in [0.05, 0.1) is 17.6 Å². The molecule has 2 aromatic carbocycles. The first-order valence-electron chi connectivity index (χ1n) is 10.9. The number of hydrogen-bond donors (Lipinski definition) is 2. The van der Waals surface area contributed by atoms with Crippen LogP contribution in [0.15, 0.2) is 53.4 Å². The summed E-state index contributed by atoms with van der Waals surface area (Å²) in [6.07, 6.45) is 1.62. The quantitative estimate of drug-likeness (QED) is 0.512. The molecule has 0 aromatic heterocycles. The van der Waals surface area contributed by atoms with Gasteiger partial charge in [-0.3, -0.25) is 24.1 Å². The number of ether oxygens (including phenoxy) is 1. The summed E-state index contributed by atoms with van der Waals surface area (Å²) in [6.45, 7) is 3.46. The average molecular weight is 500 g/mol. The van der Waals surface area contributed by atoms with E-state index in [2.05, 4.69) is 10.6 Å². The van der Waals surface area contributed by atoms with Crippen LogP contribution in [-0.2, 0) is 9.59 Å². The van der Waals surface area contributed by atoms with E-state index in [4.69, 9.17) is 4.74 Å². The zero-order valence-corrected chi connectivity index (χ0v) is 20.4. The molecule has 0 radical (unpaired) electrons. The van der Waals surface area contributed by atoms with E-state index < -0.39 is 34.8 Å². The van der Waals surface area contributed by atoms with E-state index in [9.17, 15) is 23.6 Å². The summed E-state index contributed by atoms with van der Waals surface area (Å²) in [5, 5.41) is 4.76. The first-order valence-corrected chi connectivity index (χ1v) is 11.8. The van der Waals surface area contributed by atoms with Gasteiger partial charge < -0.3 is 15.4 Å². The summed E-state index contributed by atoms with van der Waals surface area (Å²) in [6, 6.07) is 11.6. The van der Waals surface area contributed by atoms with E-state index in [-0.39, 0.29) is 29.5 Å². The molecule has 4 amide bonds. The molecule has 2 aromatic rings. The normalized spacial score (nSPS) is 15.5. The molecule has 1 aliphatic rings. The van der Waals surface area contributed by atoms with Crippen LogP contribution in [0.1, 0.15) is 29.8 Å². The van der Waals surface area contributed by atoms with Gasteiger partial charge >= 0.3 is 0 Å². The van der Waals surface area contributed by atoms with Crippen molar-refractivity contribution in [3.63, 3.8) is 0 Å². The number of thioether (sulfide) groups is 1. The van der Waals surface area contributed by atoms with Crippen LogP contribution in [0, 0.1) is 11.7 Å². The summed E-state index contributed by atoms with van der Waals surface area (Å²) in [5.74, 6) is -1.93. The van der Waals surface area contributed by atoms with Gasteiger partial charge in [0.2, 0.25) is 5.91 Å². The van der Waals surface area contributed by atoms with Crippen LogP contribution >= 0.6 is 11.8 Å². The van der Waals surface area contributed by atoms with Crippen LogP contribution in [0.4, 0.5) is 9.18 Å². The highest BCUT2D eigenvalue weighted by Gasteiger charge is 2.35. The van der Waals surface area contributed by atoms with E-state index in [1.165, 1.54) is 24.3 Å². The Morgan fingerprint density at radius 1 is 1.11 bits per heavy atom. The minimum absolute atomic E-state index is 0.00543. The molecule has 0 spiro atoms. The largest absolute Gasteiger partial charge is 0.497 e. The maximum absolute atomic E-state index is 13.9. The van der Waals surface area contributed by atoms with Crippen LogP contribution in [-0.4, -0.2) is 54.1 Å². The van der Waals surface area contributed by atoms with E-state index in [1.54, 1.807) is 51.3 Å². The lowest BCUT2D eigenvalue weighted by Gasteiger charge is -2.22. The second kappa shape index (κ2) is 11.7. The SMILES string of the molecule is COc1ccc(/C=C2\SC(=O)N(CCNC(=O)[C@@H](NC(=O)c3ccccc3F)C(C)C)C2=O)cc1. The van der Waals surface area contributed by atoms with Gasteiger partial charge in [-0.1, -0.05) is 38.1 Å². The lowest BCUT2D eigenvalue weighted by Crippen LogP contribution is -2.51. The molecule has 35 heavy (non-hydrogen) atoms. The summed E-state index contributed by atoms with van der Waals surface area (Å²) >= 11 is 0.826. The standard InChI is InChI=1S/C25H26FN3O5S/c1-15(2)21(28-22(30)18-6-4-5-7-19(18)26)23(31)27-12-13-29-24(32)20(35-25(29)33)14-16-8-10-17(34-3)11-9-16/h4-11,14-15,21H,12-13H2,1-3H3,(H,27,31)(H,28,30)/b20-14-/t21-/m0/s1. The van der Waals surface area contributed by atoms with Gasteiger partial charge in [-0.25, -0.2) is 4.39 Å².